The fraction of sp³-hybridized carbons (Fsp3) is 0.909. The van der Waals surface area contributed by atoms with E-state index in [1.165, 1.54) is 0 Å². The summed E-state index contributed by atoms with van der Waals surface area (Å²) < 4.78 is 5.11. The van der Waals surface area contributed by atoms with Crippen LogP contribution in [0.3, 0.4) is 0 Å². The lowest BCUT2D eigenvalue weighted by atomic mass is 10.1. The van der Waals surface area contributed by atoms with Crippen molar-refractivity contribution in [1.29, 1.82) is 0 Å². The Morgan fingerprint density at radius 2 is 2.33 bits per heavy atom. The predicted octanol–water partition coefficient (Wildman–Crippen LogP) is 0.690. The molecular formula is C11H21NO3. The van der Waals surface area contributed by atoms with Crippen molar-refractivity contribution in [2.75, 3.05) is 19.8 Å². The van der Waals surface area contributed by atoms with Gasteiger partial charge in [0.2, 0.25) is 5.91 Å². The second-order valence-corrected chi connectivity index (χ2v) is 3.99. The number of ether oxygens (including phenoxy) is 1. The number of carbonyl (C=O) groups is 1. The minimum absolute atomic E-state index is 0.0359. The molecule has 2 unspecified atom stereocenters. The normalized spacial score (nSPS) is 25.5. The molecule has 1 aliphatic carbocycles. The lowest BCUT2D eigenvalue weighted by Crippen LogP contribution is -2.38. The molecule has 1 amide bonds. The van der Waals surface area contributed by atoms with Crippen LogP contribution in [0.25, 0.3) is 0 Å². The van der Waals surface area contributed by atoms with E-state index in [0.717, 1.165) is 19.3 Å². The van der Waals surface area contributed by atoms with Crippen LogP contribution >= 0.6 is 0 Å². The molecule has 88 valence electrons. The maximum absolute atomic E-state index is 11.5. The average Bonchev–Trinajstić information content (AvgIpc) is 2.65. The number of aliphatic hydroxyl groups is 1. The number of amides is 1. The van der Waals surface area contributed by atoms with Crippen molar-refractivity contribution in [2.24, 2.45) is 5.92 Å². The van der Waals surface area contributed by atoms with Gasteiger partial charge in [0.25, 0.3) is 0 Å². The van der Waals surface area contributed by atoms with Gasteiger partial charge in [-0.2, -0.15) is 0 Å². The molecule has 0 aromatic heterocycles. The molecule has 0 aromatic rings. The molecule has 0 aliphatic heterocycles. The largest absolute Gasteiger partial charge is 0.396 e. The Morgan fingerprint density at radius 3 is 3.00 bits per heavy atom. The number of rotatable bonds is 6. The highest BCUT2D eigenvalue weighted by molar-refractivity contribution is 5.76. The Labute approximate surface area is 91.0 Å². The van der Waals surface area contributed by atoms with Gasteiger partial charge in [-0.15, -0.1) is 0 Å². The zero-order valence-electron chi connectivity index (χ0n) is 9.37. The van der Waals surface area contributed by atoms with Crippen LogP contribution in [-0.4, -0.2) is 36.9 Å². The third-order valence-corrected chi connectivity index (χ3v) is 2.92. The summed E-state index contributed by atoms with van der Waals surface area (Å²) in [5, 5.41) is 12.0. The first-order chi connectivity index (χ1) is 7.27. The summed E-state index contributed by atoms with van der Waals surface area (Å²) in [6, 6.07) is 0.170. The summed E-state index contributed by atoms with van der Waals surface area (Å²) in [6.07, 6.45) is 3.53. The van der Waals surface area contributed by atoms with Gasteiger partial charge in [0.15, 0.2) is 0 Å². The third-order valence-electron chi connectivity index (χ3n) is 2.92. The van der Waals surface area contributed by atoms with Crippen LogP contribution in [-0.2, 0) is 9.53 Å². The van der Waals surface area contributed by atoms with E-state index in [1.54, 1.807) is 0 Å². The Bertz CT molecular complexity index is 196. The molecule has 1 aliphatic rings. The van der Waals surface area contributed by atoms with Crippen molar-refractivity contribution in [3.8, 4) is 0 Å². The van der Waals surface area contributed by atoms with Gasteiger partial charge >= 0.3 is 0 Å². The summed E-state index contributed by atoms with van der Waals surface area (Å²) in [4.78, 5) is 11.5. The summed E-state index contributed by atoms with van der Waals surface area (Å²) in [5.74, 6) is 0.287. The molecule has 4 nitrogen and oxygen atoms in total. The molecule has 2 N–H and O–H groups in total. The fourth-order valence-electron chi connectivity index (χ4n) is 2.03. The molecule has 1 fully saturated rings. The Balaban J connectivity index is 2.19. The molecule has 0 radical (unpaired) electrons. The smallest absolute Gasteiger partial charge is 0.222 e. The lowest BCUT2D eigenvalue weighted by Gasteiger charge is -2.18. The van der Waals surface area contributed by atoms with E-state index in [4.69, 9.17) is 9.84 Å². The van der Waals surface area contributed by atoms with Crippen LogP contribution in [0.15, 0.2) is 0 Å². The number of aliphatic hydroxyl groups excluding tert-OH is 1. The van der Waals surface area contributed by atoms with E-state index in [9.17, 15) is 4.79 Å². The number of carbonyl (C=O) groups excluding carboxylic acids is 1. The second-order valence-electron chi connectivity index (χ2n) is 3.99. The minimum Gasteiger partial charge on any atom is -0.396 e. The topological polar surface area (TPSA) is 58.6 Å². The van der Waals surface area contributed by atoms with Crippen molar-refractivity contribution in [2.45, 2.75) is 38.6 Å². The molecule has 2 atom stereocenters. The number of nitrogens with one attached hydrogen (secondary N) is 1. The quantitative estimate of drug-likeness (QED) is 0.641. The number of hydrogen-bond acceptors (Lipinski definition) is 3. The summed E-state index contributed by atoms with van der Waals surface area (Å²) in [7, 11) is 0. The SMILES string of the molecule is CCOCCC(=O)NC1CCCC1CO. The maximum Gasteiger partial charge on any atom is 0.222 e. The molecule has 15 heavy (non-hydrogen) atoms. The van der Waals surface area contributed by atoms with Crippen molar-refractivity contribution >= 4 is 5.91 Å². The number of hydrogen-bond donors (Lipinski definition) is 2. The third kappa shape index (κ3) is 4.18. The molecular weight excluding hydrogens is 194 g/mol. The van der Waals surface area contributed by atoms with Crippen LogP contribution in [0.2, 0.25) is 0 Å². The highest BCUT2D eigenvalue weighted by Gasteiger charge is 2.27. The Morgan fingerprint density at radius 1 is 1.53 bits per heavy atom. The van der Waals surface area contributed by atoms with Crippen LogP contribution < -0.4 is 5.32 Å². The van der Waals surface area contributed by atoms with Gasteiger partial charge in [-0.3, -0.25) is 4.79 Å². The molecule has 0 bridgehead atoms. The van der Waals surface area contributed by atoms with E-state index in [-0.39, 0.29) is 24.5 Å². The summed E-state index contributed by atoms with van der Waals surface area (Å²) >= 11 is 0. The predicted molar refractivity (Wildman–Crippen MR) is 57.5 cm³/mol. The standard InChI is InChI=1S/C11H21NO3/c1-2-15-7-6-11(14)12-10-5-3-4-9(10)8-13/h9-10,13H,2-8H2,1H3,(H,12,14). The van der Waals surface area contributed by atoms with Gasteiger partial charge in [0.1, 0.15) is 0 Å². The van der Waals surface area contributed by atoms with E-state index < -0.39 is 0 Å². The van der Waals surface area contributed by atoms with E-state index in [2.05, 4.69) is 5.32 Å². The molecule has 1 rings (SSSR count). The van der Waals surface area contributed by atoms with E-state index >= 15 is 0 Å². The van der Waals surface area contributed by atoms with Crippen molar-refractivity contribution in [3.05, 3.63) is 0 Å². The van der Waals surface area contributed by atoms with Crippen molar-refractivity contribution in [1.82, 2.24) is 5.32 Å². The van der Waals surface area contributed by atoms with Crippen LogP contribution in [0.4, 0.5) is 0 Å². The van der Waals surface area contributed by atoms with E-state index in [1.807, 2.05) is 6.92 Å². The van der Waals surface area contributed by atoms with Crippen molar-refractivity contribution in [3.63, 3.8) is 0 Å². The van der Waals surface area contributed by atoms with Gasteiger partial charge in [-0.25, -0.2) is 0 Å². The van der Waals surface area contributed by atoms with Crippen LogP contribution in [0.1, 0.15) is 32.6 Å². The first kappa shape index (κ1) is 12.5. The zero-order valence-corrected chi connectivity index (χ0v) is 9.37. The van der Waals surface area contributed by atoms with Crippen LogP contribution in [0, 0.1) is 5.92 Å². The molecule has 0 spiro atoms. The maximum atomic E-state index is 11.5. The first-order valence-corrected chi connectivity index (χ1v) is 5.76. The molecule has 1 saturated carbocycles. The van der Waals surface area contributed by atoms with Gasteiger partial charge in [0, 0.05) is 31.6 Å². The lowest BCUT2D eigenvalue weighted by molar-refractivity contribution is -0.123. The van der Waals surface area contributed by atoms with Gasteiger partial charge in [0.05, 0.1) is 6.61 Å². The molecule has 0 saturated heterocycles. The van der Waals surface area contributed by atoms with E-state index in [0.29, 0.717) is 19.6 Å². The highest BCUT2D eigenvalue weighted by atomic mass is 16.5. The van der Waals surface area contributed by atoms with Gasteiger partial charge in [-0.1, -0.05) is 6.42 Å². The summed E-state index contributed by atoms with van der Waals surface area (Å²) in [6.45, 7) is 3.22. The Kier molecular flexibility index (Phi) is 5.65. The van der Waals surface area contributed by atoms with Gasteiger partial charge in [-0.05, 0) is 19.8 Å². The molecule has 0 heterocycles. The molecule has 0 aromatic carbocycles. The van der Waals surface area contributed by atoms with Crippen molar-refractivity contribution < 1.29 is 14.6 Å². The second kappa shape index (κ2) is 6.80. The monoisotopic (exact) mass is 215 g/mol. The Hall–Kier alpha value is -0.610. The minimum atomic E-state index is 0.0359. The zero-order chi connectivity index (χ0) is 11.1. The highest BCUT2D eigenvalue weighted by Crippen LogP contribution is 2.24. The van der Waals surface area contributed by atoms with Crippen LogP contribution in [0.5, 0.6) is 0 Å². The fourth-order valence-corrected chi connectivity index (χ4v) is 2.03. The van der Waals surface area contributed by atoms with Gasteiger partial charge < -0.3 is 15.2 Å². The average molecular weight is 215 g/mol. The first-order valence-electron chi connectivity index (χ1n) is 5.76. The summed E-state index contributed by atoms with van der Waals surface area (Å²) in [5.41, 5.74) is 0. The molecule has 4 heteroatoms.